The maximum atomic E-state index is 11.9. The Morgan fingerprint density at radius 1 is 1.35 bits per heavy atom. The summed E-state index contributed by atoms with van der Waals surface area (Å²) in [6, 6.07) is 9.62. The summed E-state index contributed by atoms with van der Waals surface area (Å²) in [6.45, 7) is 0. The average Bonchev–Trinajstić information content (AvgIpc) is 2.48. The van der Waals surface area contributed by atoms with Gasteiger partial charge < -0.3 is 15.2 Å². The van der Waals surface area contributed by atoms with E-state index in [0.717, 1.165) is 11.8 Å². The van der Waals surface area contributed by atoms with Crippen molar-refractivity contribution in [1.29, 1.82) is 0 Å². The van der Waals surface area contributed by atoms with Crippen LogP contribution in [0.5, 0.6) is 0 Å². The number of nitrogens with one attached hydrogen (secondary N) is 1. The van der Waals surface area contributed by atoms with Crippen LogP contribution in [0.2, 0.25) is 0 Å². The molecule has 0 spiro atoms. The molecule has 0 saturated heterocycles. The van der Waals surface area contributed by atoms with Gasteiger partial charge in [-0.05, 0) is 24.5 Å². The Bertz CT molecular complexity index is 496. The first-order valence-corrected chi connectivity index (χ1v) is 6.87. The first kappa shape index (κ1) is 14.3. The van der Waals surface area contributed by atoms with Crippen molar-refractivity contribution in [3.05, 3.63) is 47.7 Å². The molecule has 106 valence electrons. The first-order valence-electron chi connectivity index (χ1n) is 6.87. The van der Waals surface area contributed by atoms with Gasteiger partial charge in [-0.1, -0.05) is 30.3 Å². The Morgan fingerprint density at radius 2 is 2.10 bits per heavy atom. The maximum Gasteiger partial charge on any atom is 0.220 e. The molecule has 1 aromatic rings. The van der Waals surface area contributed by atoms with Crippen molar-refractivity contribution in [1.82, 2.24) is 5.32 Å². The van der Waals surface area contributed by atoms with E-state index in [1.807, 2.05) is 30.3 Å². The summed E-state index contributed by atoms with van der Waals surface area (Å²) < 4.78 is 0. The van der Waals surface area contributed by atoms with E-state index in [4.69, 9.17) is 0 Å². The second kappa shape index (κ2) is 6.89. The Kier molecular flexibility index (Phi) is 4.93. The number of amides is 1. The highest BCUT2D eigenvalue weighted by atomic mass is 16.3. The zero-order valence-corrected chi connectivity index (χ0v) is 11.3. The van der Waals surface area contributed by atoms with E-state index in [0.29, 0.717) is 25.7 Å². The SMILES string of the molecule is O=CC1C=C(O)CCC1NC(=O)CCc1ccccc1. The van der Waals surface area contributed by atoms with Crippen LogP contribution in [0.4, 0.5) is 0 Å². The third kappa shape index (κ3) is 3.95. The van der Waals surface area contributed by atoms with Crippen molar-refractivity contribution >= 4 is 12.2 Å². The van der Waals surface area contributed by atoms with Crippen molar-refractivity contribution in [3.8, 4) is 0 Å². The lowest BCUT2D eigenvalue weighted by atomic mass is 9.90. The molecule has 0 saturated carbocycles. The minimum Gasteiger partial charge on any atom is -0.513 e. The number of benzene rings is 1. The molecule has 0 bridgehead atoms. The monoisotopic (exact) mass is 273 g/mol. The average molecular weight is 273 g/mol. The van der Waals surface area contributed by atoms with Gasteiger partial charge >= 0.3 is 0 Å². The number of hydrogen-bond donors (Lipinski definition) is 2. The minimum absolute atomic E-state index is 0.0551. The molecule has 1 aliphatic carbocycles. The molecular formula is C16H19NO3. The van der Waals surface area contributed by atoms with E-state index >= 15 is 0 Å². The predicted molar refractivity (Wildman–Crippen MR) is 76.2 cm³/mol. The fraction of sp³-hybridized carbons (Fsp3) is 0.375. The standard InChI is InChI=1S/C16H19NO3/c18-11-13-10-14(19)7-8-15(13)17-16(20)9-6-12-4-2-1-3-5-12/h1-5,10-11,13,15,19H,6-9H2,(H,17,20). The maximum absolute atomic E-state index is 11.9. The molecule has 20 heavy (non-hydrogen) atoms. The molecule has 0 radical (unpaired) electrons. The van der Waals surface area contributed by atoms with Crippen molar-refractivity contribution in [2.75, 3.05) is 0 Å². The topological polar surface area (TPSA) is 66.4 Å². The summed E-state index contributed by atoms with van der Waals surface area (Å²) >= 11 is 0. The number of hydrogen-bond acceptors (Lipinski definition) is 3. The fourth-order valence-electron chi connectivity index (χ4n) is 2.40. The van der Waals surface area contributed by atoms with Crippen LogP contribution in [0.1, 0.15) is 24.8 Å². The summed E-state index contributed by atoms with van der Waals surface area (Å²) in [5.74, 6) is -0.248. The molecule has 0 aromatic heterocycles. The first-order chi connectivity index (χ1) is 9.69. The summed E-state index contributed by atoms with van der Waals surface area (Å²) in [5.41, 5.74) is 1.12. The van der Waals surface area contributed by atoms with Gasteiger partial charge in [-0.15, -0.1) is 0 Å². The van der Waals surface area contributed by atoms with Gasteiger partial charge in [-0.2, -0.15) is 0 Å². The lowest BCUT2D eigenvalue weighted by molar-refractivity contribution is -0.122. The lowest BCUT2D eigenvalue weighted by Crippen LogP contribution is -2.42. The molecule has 2 rings (SSSR count). The summed E-state index contributed by atoms with van der Waals surface area (Å²) in [5, 5.41) is 12.3. The number of carbonyl (C=O) groups is 2. The third-order valence-corrected chi connectivity index (χ3v) is 3.55. The van der Waals surface area contributed by atoms with E-state index in [-0.39, 0.29) is 17.7 Å². The number of aliphatic hydroxyl groups is 1. The number of aliphatic hydroxyl groups excluding tert-OH is 1. The lowest BCUT2D eigenvalue weighted by Gasteiger charge is -2.26. The molecular weight excluding hydrogens is 254 g/mol. The molecule has 1 aliphatic rings. The van der Waals surface area contributed by atoms with Crippen LogP contribution in [0.3, 0.4) is 0 Å². The van der Waals surface area contributed by atoms with Crippen LogP contribution < -0.4 is 5.32 Å². The summed E-state index contributed by atoms with van der Waals surface area (Å²) in [6.07, 6.45) is 4.50. The Labute approximate surface area is 118 Å². The Balaban J connectivity index is 1.84. The van der Waals surface area contributed by atoms with Gasteiger partial charge in [-0.3, -0.25) is 4.79 Å². The van der Waals surface area contributed by atoms with Crippen LogP contribution in [0.15, 0.2) is 42.2 Å². The molecule has 1 amide bonds. The van der Waals surface area contributed by atoms with Gasteiger partial charge in [0.05, 0.1) is 11.7 Å². The number of allylic oxidation sites excluding steroid dienone is 1. The number of carbonyl (C=O) groups excluding carboxylic acids is 2. The smallest absolute Gasteiger partial charge is 0.220 e. The molecule has 0 aliphatic heterocycles. The van der Waals surface area contributed by atoms with Gasteiger partial charge in [-0.25, -0.2) is 0 Å². The van der Waals surface area contributed by atoms with Gasteiger partial charge in [0.15, 0.2) is 0 Å². The molecule has 2 atom stereocenters. The number of aryl methyl sites for hydroxylation is 1. The zero-order chi connectivity index (χ0) is 14.4. The second-order valence-electron chi connectivity index (χ2n) is 5.07. The quantitative estimate of drug-likeness (QED) is 0.808. The zero-order valence-electron chi connectivity index (χ0n) is 11.3. The molecule has 2 unspecified atom stereocenters. The van der Waals surface area contributed by atoms with Gasteiger partial charge in [0.1, 0.15) is 6.29 Å². The van der Waals surface area contributed by atoms with Crippen molar-refractivity contribution in [2.24, 2.45) is 5.92 Å². The van der Waals surface area contributed by atoms with Gasteiger partial charge in [0.25, 0.3) is 0 Å². The highest BCUT2D eigenvalue weighted by Crippen LogP contribution is 2.20. The van der Waals surface area contributed by atoms with E-state index in [2.05, 4.69) is 5.32 Å². The molecule has 4 heteroatoms. The number of rotatable bonds is 5. The van der Waals surface area contributed by atoms with E-state index < -0.39 is 5.92 Å². The highest BCUT2D eigenvalue weighted by Gasteiger charge is 2.25. The Hall–Kier alpha value is -2.10. The normalized spacial score (nSPS) is 21.9. The predicted octanol–water partition coefficient (Wildman–Crippen LogP) is 2.15. The van der Waals surface area contributed by atoms with Crippen LogP contribution in [-0.4, -0.2) is 23.3 Å². The summed E-state index contributed by atoms with van der Waals surface area (Å²) in [4.78, 5) is 22.9. The molecule has 2 N–H and O–H groups in total. The van der Waals surface area contributed by atoms with Gasteiger partial charge in [0.2, 0.25) is 5.91 Å². The van der Waals surface area contributed by atoms with Gasteiger partial charge in [0, 0.05) is 18.9 Å². The van der Waals surface area contributed by atoms with Crippen LogP contribution in [-0.2, 0) is 16.0 Å². The fourth-order valence-corrected chi connectivity index (χ4v) is 2.40. The molecule has 4 nitrogen and oxygen atoms in total. The van der Waals surface area contributed by atoms with Crippen LogP contribution in [0.25, 0.3) is 0 Å². The van der Waals surface area contributed by atoms with Crippen LogP contribution in [0, 0.1) is 5.92 Å². The van der Waals surface area contributed by atoms with E-state index in [1.165, 1.54) is 6.08 Å². The highest BCUT2D eigenvalue weighted by molar-refractivity contribution is 5.77. The second-order valence-corrected chi connectivity index (χ2v) is 5.07. The minimum atomic E-state index is -0.426. The number of aldehydes is 1. The van der Waals surface area contributed by atoms with E-state index in [9.17, 15) is 14.7 Å². The van der Waals surface area contributed by atoms with Crippen molar-refractivity contribution in [2.45, 2.75) is 31.7 Å². The van der Waals surface area contributed by atoms with E-state index in [1.54, 1.807) is 0 Å². The molecule has 0 fully saturated rings. The Morgan fingerprint density at radius 3 is 2.80 bits per heavy atom. The molecule has 1 aromatic carbocycles. The van der Waals surface area contributed by atoms with Crippen molar-refractivity contribution in [3.63, 3.8) is 0 Å². The molecule has 0 heterocycles. The third-order valence-electron chi connectivity index (χ3n) is 3.55. The largest absolute Gasteiger partial charge is 0.513 e. The van der Waals surface area contributed by atoms with Crippen molar-refractivity contribution < 1.29 is 14.7 Å². The summed E-state index contributed by atoms with van der Waals surface area (Å²) in [7, 11) is 0. The van der Waals surface area contributed by atoms with Crippen LogP contribution >= 0.6 is 0 Å².